The van der Waals surface area contributed by atoms with E-state index >= 15 is 0 Å². The zero-order chi connectivity index (χ0) is 26.1. The molecule has 9 heteroatoms. The lowest BCUT2D eigenvalue weighted by Crippen LogP contribution is -2.36. The molecule has 1 fully saturated rings. The highest BCUT2D eigenvalue weighted by molar-refractivity contribution is 7.89. The molecule has 38 heavy (non-hydrogen) atoms. The Labute approximate surface area is 220 Å². The van der Waals surface area contributed by atoms with Crippen molar-refractivity contribution in [1.82, 2.24) is 14.6 Å². The van der Waals surface area contributed by atoms with E-state index in [1.807, 2.05) is 59.5 Å². The monoisotopic (exact) mass is 526 g/mol. The highest BCUT2D eigenvalue weighted by Gasteiger charge is 2.28. The lowest BCUT2D eigenvalue weighted by atomic mass is 9.97. The van der Waals surface area contributed by atoms with E-state index in [0.717, 1.165) is 34.6 Å². The SMILES string of the molecule is O=C1OC(c2cccc3ccccc23)=NC1=CN1CCC(CNS(=O)(=O)c2cccc3cccnc23)CC1. The van der Waals surface area contributed by atoms with Crippen molar-refractivity contribution in [1.29, 1.82) is 0 Å². The lowest BCUT2D eigenvalue weighted by Gasteiger charge is -2.31. The van der Waals surface area contributed by atoms with Crippen molar-refractivity contribution >= 4 is 43.6 Å². The number of sulfonamides is 1. The van der Waals surface area contributed by atoms with E-state index in [2.05, 4.69) is 14.7 Å². The Hall–Kier alpha value is -4.08. The van der Waals surface area contributed by atoms with Gasteiger partial charge >= 0.3 is 5.97 Å². The third-order valence-corrected chi connectivity index (χ3v) is 8.50. The van der Waals surface area contributed by atoms with Crippen molar-refractivity contribution in [2.45, 2.75) is 17.7 Å². The highest BCUT2D eigenvalue weighted by Crippen LogP contribution is 2.26. The van der Waals surface area contributed by atoms with Gasteiger partial charge in [-0.15, -0.1) is 0 Å². The number of fused-ring (bicyclic) bond motifs is 2. The molecular weight excluding hydrogens is 500 g/mol. The highest BCUT2D eigenvalue weighted by atomic mass is 32.2. The second-order valence-electron chi connectivity index (χ2n) is 9.51. The minimum Gasteiger partial charge on any atom is -0.402 e. The minimum atomic E-state index is -3.69. The summed E-state index contributed by atoms with van der Waals surface area (Å²) in [6.45, 7) is 1.73. The summed E-state index contributed by atoms with van der Waals surface area (Å²) in [5.41, 5.74) is 1.53. The molecule has 192 valence electrons. The molecule has 8 nitrogen and oxygen atoms in total. The van der Waals surface area contributed by atoms with Crippen molar-refractivity contribution in [3.63, 3.8) is 0 Å². The topological polar surface area (TPSA) is 101 Å². The number of hydrogen-bond donors (Lipinski definition) is 1. The number of cyclic esters (lactones) is 1. The van der Waals surface area contributed by atoms with E-state index in [1.54, 1.807) is 30.6 Å². The number of piperidine rings is 1. The predicted octanol–water partition coefficient (Wildman–Crippen LogP) is 4.22. The molecular formula is C29H26N4O4S. The first kappa shape index (κ1) is 24.3. The van der Waals surface area contributed by atoms with E-state index in [9.17, 15) is 13.2 Å². The molecule has 0 radical (unpaired) electrons. The van der Waals surface area contributed by atoms with Gasteiger partial charge in [0, 0.05) is 43.0 Å². The Morgan fingerprint density at radius 3 is 2.55 bits per heavy atom. The lowest BCUT2D eigenvalue weighted by molar-refractivity contribution is -0.130. The van der Waals surface area contributed by atoms with Gasteiger partial charge < -0.3 is 9.64 Å². The van der Waals surface area contributed by atoms with Crippen LogP contribution in [0.4, 0.5) is 0 Å². The van der Waals surface area contributed by atoms with Crippen LogP contribution in [-0.4, -0.2) is 49.8 Å². The van der Waals surface area contributed by atoms with Gasteiger partial charge in [0.2, 0.25) is 15.9 Å². The van der Waals surface area contributed by atoms with E-state index < -0.39 is 16.0 Å². The fourth-order valence-electron chi connectivity index (χ4n) is 4.98. The van der Waals surface area contributed by atoms with Gasteiger partial charge in [-0.2, -0.15) is 0 Å². The number of nitrogens with one attached hydrogen (secondary N) is 1. The quantitative estimate of drug-likeness (QED) is 0.298. The number of nitrogens with zero attached hydrogens (tertiary/aromatic N) is 3. The molecule has 4 aromatic rings. The summed E-state index contributed by atoms with van der Waals surface area (Å²) in [4.78, 5) is 23.6. The Bertz CT molecular complexity index is 1700. The number of likely N-dealkylation sites (tertiary alicyclic amines) is 1. The maximum Gasteiger partial charge on any atom is 0.365 e. The number of aromatic nitrogens is 1. The largest absolute Gasteiger partial charge is 0.402 e. The average Bonchev–Trinajstić information content (AvgIpc) is 3.31. The molecule has 2 aliphatic rings. The third kappa shape index (κ3) is 4.78. The van der Waals surface area contributed by atoms with E-state index in [4.69, 9.17) is 4.74 Å². The Kier molecular flexibility index (Phi) is 6.39. The van der Waals surface area contributed by atoms with Crippen molar-refractivity contribution < 1.29 is 17.9 Å². The average molecular weight is 527 g/mol. The Balaban J connectivity index is 1.10. The van der Waals surface area contributed by atoms with Crippen molar-refractivity contribution in [3.05, 3.63) is 96.5 Å². The second kappa shape index (κ2) is 10.00. The van der Waals surface area contributed by atoms with Crippen molar-refractivity contribution in [2.75, 3.05) is 19.6 Å². The van der Waals surface area contributed by atoms with Crippen LogP contribution >= 0.6 is 0 Å². The summed E-state index contributed by atoms with van der Waals surface area (Å²) in [7, 11) is -3.69. The van der Waals surface area contributed by atoms with E-state index in [1.165, 1.54) is 0 Å². The van der Waals surface area contributed by atoms with Crippen LogP contribution < -0.4 is 4.72 Å². The molecule has 0 saturated carbocycles. The van der Waals surface area contributed by atoms with Gasteiger partial charge in [0.05, 0.1) is 5.52 Å². The molecule has 1 saturated heterocycles. The fraction of sp³-hybridized carbons (Fsp3) is 0.207. The Morgan fingerprint density at radius 1 is 0.947 bits per heavy atom. The summed E-state index contributed by atoms with van der Waals surface area (Å²) >= 11 is 0. The molecule has 0 aliphatic carbocycles. The number of esters is 1. The molecule has 0 bridgehead atoms. The van der Waals surface area contributed by atoms with Crippen LogP contribution in [0.25, 0.3) is 21.7 Å². The number of hydrogen-bond acceptors (Lipinski definition) is 7. The van der Waals surface area contributed by atoms with Crippen molar-refractivity contribution in [2.24, 2.45) is 10.9 Å². The standard InChI is InChI=1S/C29H26N4O4S/c34-29-25(32-28(37-29)24-11-3-7-21-6-1-2-10-23(21)24)19-33-16-13-20(14-17-33)18-31-38(35,36)26-12-4-8-22-9-5-15-30-27(22)26/h1-12,15,19-20,31H,13-14,16-18H2. The number of carbonyl (C=O) groups is 1. The fourth-order valence-corrected chi connectivity index (χ4v) is 6.28. The van der Waals surface area contributed by atoms with E-state index in [0.29, 0.717) is 31.0 Å². The van der Waals surface area contributed by atoms with Crippen LogP contribution in [0.5, 0.6) is 0 Å². The van der Waals surface area contributed by atoms with Gasteiger partial charge in [-0.25, -0.2) is 22.9 Å². The molecule has 3 aromatic carbocycles. The number of rotatable bonds is 6. The number of carbonyl (C=O) groups excluding carboxylic acids is 1. The van der Waals surface area contributed by atoms with Crippen LogP contribution in [0.3, 0.4) is 0 Å². The van der Waals surface area contributed by atoms with Crippen LogP contribution in [0.15, 0.2) is 101 Å². The first-order valence-corrected chi connectivity index (χ1v) is 14.0. The second-order valence-corrected chi connectivity index (χ2v) is 11.2. The smallest absolute Gasteiger partial charge is 0.365 e. The molecule has 0 amide bonds. The summed E-state index contributed by atoms with van der Waals surface area (Å²) in [6, 6.07) is 22.5. The van der Waals surface area contributed by atoms with Gasteiger partial charge in [0.15, 0.2) is 5.70 Å². The number of benzene rings is 3. The van der Waals surface area contributed by atoms with Gasteiger partial charge in [0.1, 0.15) is 4.90 Å². The molecule has 3 heterocycles. The maximum absolute atomic E-state index is 13.0. The minimum absolute atomic E-state index is 0.188. The molecule has 1 N–H and O–H groups in total. The molecule has 0 spiro atoms. The number of aliphatic imine (C=N–C) groups is 1. The van der Waals surface area contributed by atoms with Crippen LogP contribution in [0.1, 0.15) is 18.4 Å². The molecule has 0 unspecified atom stereocenters. The Morgan fingerprint density at radius 2 is 1.68 bits per heavy atom. The van der Waals surface area contributed by atoms with Crippen LogP contribution in [0, 0.1) is 5.92 Å². The van der Waals surface area contributed by atoms with Gasteiger partial charge in [-0.1, -0.05) is 54.6 Å². The van der Waals surface area contributed by atoms with Gasteiger partial charge in [-0.3, -0.25) is 4.98 Å². The predicted molar refractivity (Wildman–Crippen MR) is 146 cm³/mol. The summed E-state index contributed by atoms with van der Waals surface area (Å²) in [5, 5.41) is 2.81. The zero-order valence-electron chi connectivity index (χ0n) is 20.6. The van der Waals surface area contributed by atoms with E-state index in [-0.39, 0.29) is 16.5 Å². The maximum atomic E-state index is 13.0. The third-order valence-electron chi connectivity index (χ3n) is 7.04. The summed E-state index contributed by atoms with van der Waals surface area (Å²) in [5.74, 6) is 0.0319. The number of ether oxygens (including phenoxy) is 1. The number of para-hydroxylation sites is 1. The van der Waals surface area contributed by atoms with Gasteiger partial charge in [-0.05, 0) is 47.7 Å². The van der Waals surface area contributed by atoms with Gasteiger partial charge in [0.25, 0.3) is 0 Å². The van der Waals surface area contributed by atoms with Crippen LogP contribution in [-0.2, 0) is 19.6 Å². The zero-order valence-corrected chi connectivity index (χ0v) is 21.4. The molecule has 6 rings (SSSR count). The molecule has 1 aromatic heterocycles. The van der Waals surface area contributed by atoms with Crippen molar-refractivity contribution in [3.8, 4) is 0 Å². The summed E-state index contributed by atoms with van der Waals surface area (Å²) in [6.07, 6.45) is 4.92. The normalized spacial score (nSPS) is 17.8. The molecule has 0 atom stereocenters. The van der Waals surface area contributed by atoms with Crippen LogP contribution in [0.2, 0.25) is 0 Å². The molecule has 2 aliphatic heterocycles. The summed E-state index contributed by atoms with van der Waals surface area (Å²) < 4.78 is 34.3. The number of pyridine rings is 1. The first-order chi connectivity index (χ1) is 18.5. The first-order valence-electron chi connectivity index (χ1n) is 12.6.